The van der Waals surface area contributed by atoms with Crippen molar-refractivity contribution in [3.8, 4) is 11.5 Å². The summed E-state index contributed by atoms with van der Waals surface area (Å²) < 4.78 is 25.4. The van der Waals surface area contributed by atoms with Crippen LogP contribution in [0.5, 0.6) is 11.5 Å². The van der Waals surface area contributed by atoms with Gasteiger partial charge in [-0.2, -0.15) is 0 Å². The van der Waals surface area contributed by atoms with Gasteiger partial charge in [0, 0.05) is 23.2 Å². The number of carbonyl (C=O) groups is 2. The number of nitrogens with one attached hydrogen (secondary N) is 1. The highest BCUT2D eigenvalue weighted by Crippen LogP contribution is 2.36. The number of fused-ring (bicyclic) bond motifs is 1. The van der Waals surface area contributed by atoms with Crippen LogP contribution in [0.3, 0.4) is 0 Å². The zero-order valence-electron chi connectivity index (χ0n) is 17.1. The number of rotatable bonds is 6. The number of hydrogen-bond donors (Lipinski definition) is 1. The zero-order valence-corrected chi connectivity index (χ0v) is 17.9. The van der Waals surface area contributed by atoms with Crippen molar-refractivity contribution in [2.45, 2.75) is 32.7 Å². The molecule has 1 heterocycles. The van der Waals surface area contributed by atoms with Crippen LogP contribution in [0.1, 0.15) is 36.2 Å². The zero-order chi connectivity index (χ0) is 21.8. The molecule has 160 valence electrons. The summed E-state index contributed by atoms with van der Waals surface area (Å²) in [7, 11) is 1.44. The Labute approximate surface area is 179 Å². The van der Waals surface area contributed by atoms with Crippen LogP contribution >= 0.6 is 11.6 Å². The van der Waals surface area contributed by atoms with Crippen LogP contribution in [0.25, 0.3) is 0 Å². The predicted octanol–water partition coefficient (Wildman–Crippen LogP) is 3.98. The fourth-order valence-corrected chi connectivity index (χ4v) is 3.67. The Hall–Kier alpha value is -2.80. The van der Waals surface area contributed by atoms with Crippen LogP contribution in [0.15, 0.2) is 30.3 Å². The number of hydrogen-bond acceptors (Lipinski definition) is 4. The van der Waals surface area contributed by atoms with Crippen molar-refractivity contribution >= 4 is 29.1 Å². The maximum atomic E-state index is 14.5. The van der Waals surface area contributed by atoms with Crippen molar-refractivity contribution in [3.63, 3.8) is 0 Å². The first-order valence-corrected chi connectivity index (χ1v) is 10.1. The van der Waals surface area contributed by atoms with Gasteiger partial charge >= 0.3 is 0 Å². The van der Waals surface area contributed by atoms with Gasteiger partial charge in [0.15, 0.2) is 18.1 Å². The van der Waals surface area contributed by atoms with Crippen LogP contribution < -0.4 is 19.7 Å². The molecule has 2 aromatic rings. The van der Waals surface area contributed by atoms with Crippen LogP contribution in [0.4, 0.5) is 10.1 Å². The van der Waals surface area contributed by atoms with Crippen molar-refractivity contribution in [1.82, 2.24) is 5.32 Å². The van der Waals surface area contributed by atoms with Crippen LogP contribution in [0.2, 0.25) is 5.02 Å². The fourth-order valence-electron chi connectivity index (χ4n) is 3.42. The number of benzene rings is 2. The lowest BCUT2D eigenvalue weighted by Gasteiger charge is -2.30. The van der Waals surface area contributed by atoms with Gasteiger partial charge in [0.2, 0.25) is 0 Å². The summed E-state index contributed by atoms with van der Waals surface area (Å²) >= 11 is 6.22. The summed E-state index contributed by atoms with van der Waals surface area (Å²) in [5.74, 6) is -0.460. The lowest BCUT2D eigenvalue weighted by molar-refractivity contribution is -0.123. The van der Waals surface area contributed by atoms with E-state index >= 15 is 0 Å². The summed E-state index contributed by atoms with van der Waals surface area (Å²) in [6.07, 6.45) is 1.30. The van der Waals surface area contributed by atoms with Gasteiger partial charge in [-0.15, -0.1) is 0 Å². The predicted molar refractivity (Wildman–Crippen MR) is 113 cm³/mol. The number of methoxy groups -OCH3 is 1. The number of ether oxygens (including phenoxy) is 2. The van der Waals surface area contributed by atoms with E-state index in [-0.39, 0.29) is 30.2 Å². The molecule has 0 aromatic heterocycles. The molecule has 30 heavy (non-hydrogen) atoms. The maximum absolute atomic E-state index is 14.5. The third-order valence-electron chi connectivity index (χ3n) is 4.72. The largest absolute Gasteiger partial charge is 0.493 e. The second-order valence-electron chi connectivity index (χ2n) is 7.29. The Kier molecular flexibility index (Phi) is 6.82. The summed E-state index contributed by atoms with van der Waals surface area (Å²) in [5, 5.41) is 3.18. The number of nitrogens with zero attached hydrogens (tertiary/aromatic N) is 1. The summed E-state index contributed by atoms with van der Waals surface area (Å²) in [5.41, 5.74) is 1.18. The highest BCUT2D eigenvalue weighted by atomic mass is 35.5. The molecular formula is C22H24ClFN2O4. The van der Waals surface area contributed by atoms with E-state index in [0.717, 1.165) is 0 Å². The Bertz CT molecular complexity index is 964. The minimum atomic E-state index is -0.481. The molecule has 0 atom stereocenters. The van der Waals surface area contributed by atoms with Gasteiger partial charge < -0.3 is 19.7 Å². The number of amides is 2. The third kappa shape index (κ3) is 4.67. The van der Waals surface area contributed by atoms with Gasteiger partial charge in [-0.1, -0.05) is 11.6 Å². The molecule has 0 fully saturated rings. The number of halogens is 2. The Morgan fingerprint density at radius 2 is 2.00 bits per heavy atom. The maximum Gasteiger partial charge on any atom is 0.258 e. The highest BCUT2D eigenvalue weighted by molar-refractivity contribution is 6.32. The second kappa shape index (κ2) is 9.34. The molecule has 0 bridgehead atoms. The molecular weight excluding hydrogens is 411 g/mol. The van der Waals surface area contributed by atoms with Gasteiger partial charge in [-0.25, -0.2) is 4.39 Å². The average molecular weight is 435 g/mol. The standard InChI is InChI=1S/C22H24ClFN2O4/c1-13(2)25-20(27)12-30-18-9-6-14(11-19(18)29-3)22(28)26-10-4-5-15-16(23)7-8-17(24)21(15)26/h6-9,11,13H,4-5,10,12H2,1-3H3,(H,25,27). The van der Waals surface area contributed by atoms with Crippen molar-refractivity contribution in [3.05, 3.63) is 52.3 Å². The van der Waals surface area contributed by atoms with E-state index in [4.69, 9.17) is 21.1 Å². The molecule has 1 aliphatic rings. The third-order valence-corrected chi connectivity index (χ3v) is 5.07. The van der Waals surface area contributed by atoms with Gasteiger partial charge in [0.25, 0.3) is 11.8 Å². The van der Waals surface area contributed by atoms with Gasteiger partial charge in [-0.3, -0.25) is 9.59 Å². The molecule has 1 N–H and O–H groups in total. The van der Waals surface area contributed by atoms with Crippen molar-refractivity contribution in [2.24, 2.45) is 0 Å². The van der Waals surface area contributed by atoms with E-state index in [1.165, 1.54) is 30.2 Å². The quantitative estimate of drug-likeness (QED) is 0.746. The summed E-state index contributed by atoms with van der Waals surface area (Å²) in [6.45, 7) is 3.92. The van der Waals surface area contributed by atoms with Crippen molar-refractivity contribution < 1.29 is 23.5 Å². The number of anilines is 1. The lowest BCUT2D eigenvalue weighted by Crippen LogP contribution is -2.36. The molecule has 0 unspecified atom stereocenters. The van der Waals surface area contributed by atoms with Crippen molar-refractivity contribution in [1.29, 1.82) is 0 Å². The Balaban J connectivity index is 1.83. The van der Waals surface area contributed by atoms with E-state index in [1.54, 1.807) is 12.1 Å². The monoisotopic (exact) mass is 434 g/mol. The molecule has 0 saturated heterocycles. The minimum absolute atomic E-state index is 0.00399. The van der Waals surface area contributed by atoms with E-state index in [1.807, 2.05) is 13.8 Å². The van der Waals surface area contributed by atoms with E-state index in [2.05, 4.69) is 5.32 Å². The first-order valence-electron chi connectivity index (χ1n) is 9.70. The molecule has 0 aliphatic carbocycles. The molecule has 6 nitrogen and oxygen atoms in total. The smallest absolute Gasteiger partial charge is 0.258 e. The molecule has 3 rings (SSSR count). The van der Waals surface area contributed by atoms with E-state index < -0.39 is 5.82 Å². The van der Waals surface area contributed by atoms with Crippen LogP contribution in [0, 0.1) is 5.82 Å². The Morgan fingerprint density at radius 1 is 1.23 bits per heavy atom. The number of carbonyl (C=O) groups excluding carboxylic acids is 2. The normalized spacial score (nSPS) is 13.1. The second-order valence-corrected chi connectivity index (χ2v) is 7.70. The van der Waals surface area contributed by atoms with Gasteiger partial charge in [0.05, 0.1) is 12.8 Å². The molecule has 0 spiro atoms. The minimum Gasteiger partial charge on any atom is -0.493 e. The van der Waals surface area contributed by atoms with Crippen molar-refractivity contribution in [2.75, 3.05) is 25.2 Å². The highest BCUT2D eigenvalue weighted by Gasteiger charge is 2.28. The molecule has 1 aliphatic heterocycles. The van der Waals surface area contributed by atoms with Crippen LogP contribution in [-0.2, 0) is 11.2 Å². The first kappa shape index (κ1) is 21.9. The lowest BCUT2D eigenvalue weighted by atomic mass is 10.00. The van der Waals surface area contributed by atoms with Gasteiger partial charge in [0.1, 0.15) is 5.82 Å². The van der Waals surface area contributed by atoms with Gasteiger partial charge in [-0.05, 0) is 62.6 Å². The molecule has 2 amide bonds. The molecule has 2 aromatic carbocycles. The van der Waals surface area contributed by atoms with Crippen LogP contribution in [-0.4, -0.2) is 38.1 Å². The summed E-state index contributed by atoms with van der Waals surface area (Å²) in [6, 6.07) is 7.44. The average Bonchev–Trinajstić information content (AvgIpc) is 2.73. The van der Waals surface area contributed by atoms with E-state index in [9.17, 15) is 14.0 Å². The Morgan fingerprint density at radius 3 is 2.70 bits per heavy atom. The first-order chi connectivity index (χ1) is 14.3. The molecule has 0 radical (unpaired) electrons. The molecule has 0 saturated carbocycles. The fraction of sp³-hybridized carbons (Fsp3) is 0.364. The summed E-state index contributed by atoms with van der Waals surface area (Å²) in [4.78, 5) is 26.4. The molecule has 8 heteroatoms. The topological polar surface area (TPSA) is 67.9 Å². The van der Waals surface area contributed by atoms with E-state index in [0.29, 0.717) is 47.0 Å². The SMILES string of the molecule is COc1cc(C(=O)N2CCCc3c(Cl)ccc(F)c32)ccc1OCC(=O)NC(C)C.